The van der Waals surface area contributed by atoms with Crippen LogP contribution in [0.15, 0.2) is 0 Å². The lowest BCUT2D eigenvalue weighted by atomic mass is 9.99. The monoisotopic (exact) mass is 282 g/mol. The van der Waals surface area contributed by atoms with Gasteiger partial charge >= 0.3 is 0 Å². The van der Waals surface area contributed by atoms with Gasteiger partial charge in [0.15, 0.2) is 0 Å². The first-order valence-corrected chi connectivity index (χ1v) is 9.09. The summed E-state index contributed by atoms with van der Waals surface area (Å²) >= 11 is 0. The fourth-order valence-corrected chi connectivity index (χ4v) is 3.80. The van der Waals surface area contributed by atoms with Crippen molar-refractivity contribution < 1.29 is 0 Å². The lowest BCUT2D eigenvalue weighted by Gasteiger charge is -2.35. The number of rotatable bonds is 10. The molecule has 0 bridgehead atoms. The molecule has 1 saturated carbocycles. The van der Waals surface area contributed by atoms with Crippen LogP contribution in [-0.4, -0.2) is 36.6 Å². The zero-order chi connectivity index (χ0) is 15.0. The Hall–Kier alpha value is -0.0800. The molecule has 1 aliphatic rings. The fourth-order valence-electron chi connectivity index (χ4n) is 3.80. The molecule has 0 spiro atoms. The Balaban J connectivity index is 2.57. The molecule has 1 aliphatic carbocycles. The van der Waals surface area contributed by atoms with Crippen molar-refractivity contribution in [3.8, 4) is 0 Å². The van der Waals surface area contributed by atoms with E-state index in [-0.39, 0.29) is 0 Å². The lowest BCUT2D eigenvalue weighted by Crippen LogP contribution is -2.44. The maximum Gasteiger partial charge on any atom is 0.0107 e. The standard InChI is InChI=1S/C18H38N2/c1-6-12-19-18-11-9-10-16(18)14-20(13-15(4)5)17(7-2)8-3/h15-19H,6-14H2,1-5H3. The minimum atomic E-state index is 0.777. The predicted molar refractivity (Wildman–Crippen MR) is 90.2 cm³/mol. The van der Waals surface area contributed by atoms with Crippen LogP contribution in [0.1, 0.15) is 73.1 Å². The highest BCUT2D eigenvalue weighted by molar-refractivity contribution is 4.86. The van der Waals surface area contributed by atoms with Gasteiger partial charge in [-0.05, 0) is 50.5 Å². The molecule has 2 unspecified atom stereocenters. The third-order valence-electron chi connectivity index (χ3n) is 4.84. The highest BCUT2D eigenvalue weighted by atomic mass is 15.2. The first-order valence-electron chi connectivity index (χ1n) is 9.09. The van der Waals surface area contributed by atoms with Gasteiger partial charge < -0.3 is 5.32 Å². The highest BCUT2D eigenvalue weighted by Crippen LogP contribution is 2.28. The van der Waals surface area contributed by atoms with Gasteiger partial charge in [0, 0.05) is 25.2 Å². The summed E-state index contributed by atoms with van der Waals surface area (Å²) in [4.78, 5) is 2.79. The van der Waals surface area contributed by atoms with E-state index in [4.69, 9.17) is 0 Å². The SMILES string of the molecule is CCCNC1CCCC1CN(CC(C)C)C(CC)CC. The Labute approximate surface area is 127 Å². The molecule has 1 fully saturated rings. The predicted octanol–water partition coefficient (Wildman–Crippen LogP) is 4.30. The van der Waals surface area contributed by atoms with Crippen LogP contribution in [-0.2, 0) is 0 Å². The largest absolute Gasteiger partial charge is 0.314 e. The molecule has 0 amide bonds. The first-order chi connectivity index (χ1) is 9.62. The lowest BCUT2D eigenvalue weighted by molar-refractivity contribution is 0.133. The Morgan fingerprint density at radius 1 is 1.10 bits per heavy atom. The molecule has 0 heterocycles. The molecule has 0 aliphatic heterocycles. The number of hydrogen-bond donors (Lipinski definition) is 1. The van der Waals surface area contributed by atoms with Gasteiger partial charge in [-0.1, -0.05) is 41.0 Å². The average Bonchev–Trinajstić information content (AvgIpc) is 2.84. The molecule has 2 atom stereocenters. The molecule has 1 rings (SSSR count). The van der Waals surface area contributed by atoms with Gasteiger partial charge in [0.1, 0.15) is 0 Å². The number of hydrogen-bond acceptors (Lipinski definition) is 2. The summed E-state index contributed by atoms with van der Waals surface area (Å²) in [5, 5.41) is 3.79. The molecule has 120 valence electrons. The van der Waals surface area contributed by atoms with Crippen molar-refractivity contribution in [2.45, 2.75) is 85.2 Å². The Morgan fingerprint density at radius 2 is 1.80 bits per heavy atom. The van der Waals surface area contributed by atoms with E-state index in [1.807, 2.05) is 0 Å². The highest BCUT2D eigenvalue weighted by Gasteiger charge is 2.30. The zero-order valence-corrected chi connectivity index (χ0v) is 14.6. The van der Waals surface area contributed by atoms with Gasteiger partial charge in [-0.25, -0.2) is 0 Å². The zero-order valence-electron chi connectivity index (χ0n) is 14.6. The van der Waals surface area contributed by atoms with Crippen molar-refractivity contribution in [1.82, 2.24) is 10.2 Å². The summed E-state index contributed by atoms with van der Waals surface area (Å²) in [5.41, 5.74) is 0. The minimum Gasteiger partial charge on any atom is -0.314 e. The van der Waals surface area contributed by atoms with E-state index in [0.717, 1.165) is 23.9 Å². The Morgan fingerprint density at radius 3 is 2.35 bits per heavy atom. The fraction of sp³-hybridized carbons (Fsp3) is 1.00. The Bertz CT molecular complexity index is 236. The second kappa shape index (κ2) is 9.78. The van der Waals surface area contributed by atoms with Gasteiger partial charge in [-0.2, -0.15) is 0 Å². The van der Waals surface area contributed by atoms with Crippen molar-refractivity contribution in [1.29, 1.82) is 0 Å². The summed E-state index contributed by atoms with van der Waals surface area (Å²) in [6, 6.07) is 1.56. The van der Waals surface area contributed by atoms with E-state index in [0.29, 0.717) is 0 Å². The van der Waals surface area contributed by atoms with Gasteiger partial charge in [0.05, 0.1) is 0 Å². The molecule has 20 heavy (non-hydrogen) atoms. The topological polar surface area (TPSA) is 15.3 Å². The number of nitrogens with zero attached hydrogens (tertiary/aromatic N) is 1. The van der Waals surface area contributed by atoms with Crippen LogP contribution < -0.4 is 5.32 Å². The minimum absolute atomic E-state index is 0.777. The van der Waals surface area contributed by atoms with E-state index >= 15 is 0 Å². The molecule has 0 radical (unpaired) electrons. The summed E-state index contributed by atoms with van der Waals surface area (Å²) < 4.78 is 0. The van der Waals surface area contributed by atoms with Gasteiger partial charge in [-0.3, -0.25) is 4.90 Å². The quantitative estimate of drug-likeness (QED) is 0.642. The van der Waals surface area contributed by atoms with Crippen LogP contribution >= 0.6 is 0 Å². The van der Waals surface area contributed by atoms with E-state index in [2.05, 4.69) is 44.8 Å². The van der Waals surface area contributed by atoms with E-state index in [1.54, 1.807) is 0 Å². The van der Waals surface area contributed by atoms with Crippen LogP contribution in [0.2, 0.25) is 0 Å². The summed E-state index contributed by atoms with van der Waals surface area (Å²) in [7, 11) is 0. The van der Waals surface area contributed by atoms with Crippen molar-refractivity contribution in [3.05, 3.63) is 0 Å². The molecule has 0 saturated heterocycles. The van der Waals surface area contributed by atoms with Crippen molar-refractivity contribution in [3.63, 3.8) is 0 Å². The van der Waals surface area contributed by atoms with Crippen LogP contribution in [0.3, 0.4) is 0 Å². The molecule has 2 heteroatoms. The molecule has 0 aromatic carbocycles. The summed E-state index contributed by atoms with van der Waals surface area (Å²) in [5.74, 6) is 1.65. The van der Waals surface area contributed by atoms with E-state index in [1.165, 1.54) is 58.2 Å². The molecular formula is C18H38N2. The molecule has 1 N–H and O–H groups in total. The maximum atomic E-state index is 3.79. The average molecular weight is 283 g/mol. The van der Waals surface area contributed by atoms with Gasteiger partial charge in [-0.15, -0.1) is 0 Å². The second-order valence-electron chi connectivity index (χ2n) is 7.07. The summed E-state index contributed by atoms with van der Waals surface area (Å²) in [6.45, 7) is 15.5. The smallest absolute Gasteiger partial charge is 0.0107 e. The van der Waals surface area contributed by atoms with Crippen molar-refractivity contribution >= 4 is 0 Å². The van der Waals surface area contributed by atoms with Crippen LogP contribution in [0, 0.1) is 11.8 Å². The second-order valence-corrected chi connectivity index (χ2v) is 7.07. The first kappa shape index (κ1) is 18.0. The van der Waals surface area contributed by atoms with E-state index < -0.39 is 0 Å². The van der Waals surface area contributed by atoms with Crippen LogP contribution in [0.5, 0.6) is 0 Å². The molecule has 0 aromatic rings. The molecule has 2 nitrogen and oxygen atoms in total. The third-order valence-corrected chi connectivity index (χ3v) is 4.84. The van der Waals surface area contributed by atoms with Gasteiger partial charge in [0.25, 0.3) is 0 Å². The maximum absolute atomic E-state index is 3.79. The number of nitrogens with one attached hydrogen (secondary N) is 1. The summed E-state index contributed by atoms with van der Waals surface area (Å²) in [6.07, 6.45) is 8.08. The van der Waals surface area contributed by atoms with Crippen LogP contribution in [0.25, 0.3) is 0 Å². The third kappa shape index (κ3) is 5.73. The molecular weight excluding hydrogens is 244 g/mol. The van der Waals surface area contributed by atoms with Gasteiger partial charge in [0.2, 0.25) is 0 Å². The normalized spacial score (nSPS) is 23.4. The van der Waals surface area contributed by atoms with Crippen LogP contribution in [0.4, 0.5) is 0 Å². The molecule has 0 aromatic heterocycles. The van der Waals surface area contributed by atoms with Crippen molar-refractivity contribution in [2.75, 3.05) is 19.6 Å². The van der Waals surface area contributed by atoms with E-state index in [9.17, 15) is 0 Å². The van der Waals surface area contributed by atoms with Crippen molar-refractivity contribution in [2.24, 2.45) is 11.8 Å². The Kier molecular flexibility index (Phi) is 8.79.